The van der Waals surface area contributed by atoms with Crippen LogP contribution in [0.15, 0.2) is 30.5 Å². The van der Waals surface area contributed by atoms with Gasteiger partial charge in [-0.3, -0.25) is 5.32 Å². The summed E-state index contributed by atoms with van der Waals surface area (Å²) in [6.45, 7) is 6.39. The van der Waals surface area contributed by atoms with Gasteiger partial charge in [-0.1, -0.05) is 35.1 Å². The molecular weight excluding hydrogens is 500 g/mol. The molecule has 11 heteroatoms. The zero-order valence-electron chi connectivity index (χ0n) is 20.3. The molecule has 3 heterocycles. The minimum absolute atomic E-state index is 0.151. The highest BCUT2D eigenvalue weighted by atomic mass is 35.5. The number of benzene rings is 1. The Kier molecular flexibility index (Phi) is 6.57. The molecule has 36 heavy (non-hydrogen) atoms. The van der Waals surface area contributed by atoms with E-state index in [0.717, 1.165) is 40.2 Å². The number of rotatable bonds is 3. The Bertz CT molecular complexity index is 1320. The number of alkyl carbamates (subject to hydrolysis) is 1. The lowest BCUT2D eigenvalue weighted by atomic mass is 9.99. The summed E-state index contributed by atoms with van der Waals surface area (Å²) in [5.41, 5.74) is 3.01. The minimum atomic E-state index is -0.568. The zero-order valence-corrected chi connectivity index (χ0v) is 21.9. The van der Waals surface area contributed by atoms with Crippen LogP contribution in [-0.4, -0.2) is 56.7 Å². The highest BCUT2D eigenvalue weighted by Crippen LogP contribution is 2.39. The number of aryl methyl sites for hydroxylation is 2. The van der Waals surface area contributed by atoms with E-state index in [2.05, 4.69) is 20.6 Å². The largest absolute Gasteiger partial charge is 0.444 e. The first kappa shape index (κ1) is 24.5. The van der Waals surface area contributed by atoms with Crippen LogP contribution in [0.4, 0.5) is 14.7 Å². The van der Waals surface area contributed by atoms with Crippen LogP contribution in [0.25, 0.3) is 22.0 Å². The maximum absolute atomic E-state index is 12.9. The van der Waals surface area contributed by atoms with Crippen LogP contribution in [0.5, 0.6) is 0 Å². The number of urea groups is 1. The Balaban J connectivity index is 1.27. The summed E-state index contributed by atoms with van der Waals surface area (Å²) >= 11 is 7.77. The van der Waals surface area contributed by atoms with E-state index in [9.17, 15) is 9.59 Å². The molecule has 0 spiro atoms. The van der Waals surface area contributed by atoms with Crippen LogP contribution < -0.4 is 10.6 Å². The molecule has 1 saturated heterocycles. The normalized spacial score (nSPS) is 16.8. The number of carbonyl (C=O) groups excluding carboxylic acids is 2. The summed E-state index contributed by atoms with van der Waals surface area (Å²) in [5.74, 6) is 0.562. The number of thiazole rings is 1. The monoisotopic (exact) mass is 526 g/mol. The number of fused-ring (bicyclic) bond motifs is 3. The smallest absolute Gasteiger partial charge is 0.407 e. The molecule has 1 atom stereocenters. The van der Waals surface area contributed by atoms with Gasteiger partial charge in [-0.2, -0.15) is 0 Å². The third kappa shape index (κ3) is 5.29. The van der Waals surface area contributed by atoms with Crippen LogP contribution in [0.2, 0.25) is 5.02 Å². The van der Waals surface area contributed by atoms with Gasteiger partial charge in [0.1, 0.15) is 5.60 Å². The van der Waals surface area contributed by atoms with Crippen molar-refractivity contribution < 1.29 is 14.3 Å². The Morgan fingerprint density at radius 3 is 2.78 bits per heavy atom. The van der Waals surface area contributed by atoms with E-state index in [4.69, 9.17) is 21.3 Å². The third-order valence-corrected chi connectivity index (χ3v) is 7.28. The van der Waals surface area contributed by atoms with Crippen LogP contribution in [0.3, 0.4) is 0 Å². The maximum atomic E-state index is 12.9. The number of anilines is 1. The van der Waals surface area contributed by atoms with Gasteiger partial charge in [-0.25, -0.2) is 24.5 Å². The molecule has 5 rings (SSSR count). The van der Waals surface area contributed by atoms with Crippen LogP contribution >= 0.6 is 22.9 Å². The Morgan fingerprint density at radius 2 is 2.00 bits per heavy atom. The van der Waals surface area contributed by atoms with Crippen molar-refractivity contribution in [1.29, 1.82) is 0 Å². The van der Waals surface area contributed by atoms with Gasteiger partial charge >= 0.3 is 12.1 Å². The molecule has 1 aliphatic heterocycles. The van der Waals surface area contributed by atoms with Crippen molar-refractivity contribution in [2.75, 3.05) is 18.4 Å². The van der Waals surface area contributed by atoms with E-state index < -0.39 is 11.7 Å². The highest BCUT2D eigenvalue weighted by Gasteiger charge is 2.30. The van der Waals surface area contributed by atoms with E-state index in [1.165, 1.54) is 11.3 Å². The average Bonchev–Trinajstić information content (AvgIpc) is 3.44. The standard InChI is InChI=1S/C25H27ClN6O3S/c1-25(2,3)35-24(34)28-15-10-11-32(13-15)23(33)31-22-29-18-9-8-14-12-27-21(30-19(14)20(18)36-22)16-6-4-5-7-17(16)26/h4-7,12,15H,8-11,13H2,1-3H3,(H,28,34)(H,29,31,33)/t15-/m1/s1. The lowest BCUT2D eigenvalue weighted by molar-refractivity contribution is 0.0506. The predicted octanol–water partition coefficient (Wildman–Crippen LogP) is 5.15. The fourth-order valence-corrected chi connectivity index (χ4v) is 5.53. The predicted molar refractivity (Wildman–Crippen MR) is 139 cm³/mol. The number of nitrogens with zero attached hydrogens (tertiary/aromatic N) is 4. The molecule has 3 amide bonds. The molecule has 2 N–H and O–H groups in total. The zero-order chi connectivity index (χ0) is 25.4. The number of nitrogens with one attached hydrogen (secondary N) is 2. The lowest BCUT2D eigenvalue weighted by Crippen LogP contribution is -2.42. The fraction of sp³-hybridized carbons (Fsp3) is 0.400. The van der Waals surface area contributed by atoms with Gasteiger partial charge < -0.3 is 15.0 Å². The second-order valence-corrected chi connectivity index (χ2v) is 11.3. The first-order valence-corrected chi connectivity index (χ1v) is 13.0. The topological polar surface area (TPSA) is 109 Å². The van der Waals surface area contributed by atoms with Crippen LogP contribution in [-0.2, 0) is 17.6 Å². The fourth-order valence-electron chi connectivity index (χ4n) is 4.28. The SMILES string of the molecule is CC(C)(C)OC(=O)N[C@@H]1CCN(C(=O)Nc2nc3c(s2)-c2nc(-c4ccccc4Cl)ncc2CC3)C1. The molecule has 1 aliphatic carbocycles. The van der Waals surface area contributed by atoms with E-state index in [0.29, 0.717) is 35.5 Å². The average molecular weight is 527 g/mol. The van der Waals surface area contributed by atoms with Crippen molar-refractivity contribution in [3.05, 3.63) is 46.7 Å². The first-order valence-electron chi connectivity index (χ1n) is 11.8. The number of halogens is 1. The molecule has 1 fully saturated rings. The Hall–Kier alpha value is -3.24. The number of amides is 3. The Morgan fingerprint density at radius 1 is 1.19 bits per heavy atom. The molecule has 0 radical (unpaired) electrons. The van der Waals surface area contributed by atoms with E-state index in [1.54, 1.807) is 4.90 Å². The van der Waals surface area contributed by atoms with E-state index in [-0.39, 0.29) is 12.1 Å². The summed E-state index contributed by atoms with van der Waals surface area (Å²) < 4.78 is 5.31. The van der Waals surface area contributed by atoms with Crippen molar-refractivity contribution >= 4 is 40.2 Å². The number of ether oxygens (including phenoxy) is 1. The van der Waals surface area contributed by atoms with Crippen molar-refractivity contribution in [3.63, 3.8) is 0 Å². The Labute approximate surface area is 218 Å². The molecule has 0 bridgehead atoms. The molecule has 2 aliphatic rings. The molecule has 0 saturated carbocycles. The summed E-state index contributed by atoms with van der Waals surface area (Å²) in [7, 11) is 0. The molecular formula is C25H27ClN6O3S. The van der Waals surface area contributed by atoms with Gasteiger partial charge in [-0.05, 0) is 57.7 Å². The third-order valence-electron chi connectivity index (χ3n) is 5.93. The molecule has 188 valence electrons. The molecule has 1 aromatic carbocycles. The highest BCUT2D eigenvalue weighted by molar-refractivity contribution is 7.19. The first-order chi connectivity index (χ1) is 17.2. The van der Waals surface area contributed by atoms with Crippen molar-refractivity contribution in [3.8, 4) is 22.0 Å². The number of aromatic nitrogens is 3. The quantitative estimate of drug-likeness (QED) is 0.488. The second-order valence-electron chi connectivity index (χ2n) is 9.85. The van der Waals surface area contributed by atoms with Crippen molar-refractivity contribution in [2.45, 2.75) is 51.7 Å². The summed E-state index contributed by atoms with van der Waals surface area (Å²) in [6.07, 6.45) is 3.58. The maximum Gasteiger partial charge on any atom is 0.407 e. The molecule has 0 unspecified atom stereocenters. The van der Waals surface area contributed by atoms with Gasteiger partial charge in [0.2, 0.25) is 0 Å². The van der Waals surface area contributed by atoms with Gasteiger partial charge in [0.15, 0.2) is 11.0 Å². The van der Waals surface area contributed by atoms with Crippen molar-refractivity contribution in [1.82, 2.24) is 25.2 Å². The molecule has 2 aromatic heterocycles. The molecule has 3 aromatic rings. The van der Waals surface area contributed by atoms with Gasteiger partial charge in [-0.15, -0.1) is 0 Å². The van der Waals surface area contributed by atoms with Crippen molar-refractivity contribution in [2.24, 2.45) is 0 Å². The van der Waals surface area contributed by atoms with Crippen LogP contribution in [0.1, 0.15) is 38.4 Å². The summed E-state index contributed by atoms with van der Waals surface area (Å²) in [6, 6.07) is 7.10. The number of likely N-dealkylation sites (tertiary alicyclic amines) is 1. The summed E-state index contributed by atoms with van der Waals surface area (Å²) in [4.78, 5) is 41.6. The summed E-state index contributed by atoms with van der Waals surface area (Å²) in [5, 5.41) is 6.88. The number of hydrogen-bond acceptors (Lipinski definition) is 7. The van der Waals surface area contributed by atoms with Crippen LogP contribution in [0, 0.1) is 0 Å². The van der Waals surface area contributed by atoms with Gasteiger partial charge in [0.25, 0.3) is 0 Å². The van der Waals surface area contributed by atoms with Gasteiger partial charge in [0, 0.05) is 24.8 Å². The minimum Gasteiger partial charge on any atom is -0.444 e. The van der Waals surface area contributed by atoms with E-state index >= 15 is 0 Å². The lowest BCUT2D eigenvalue weighted by Gasteiger charge is -2.22. The number of carbonyl (C=O) groups is 2. The number of hydrogen-bond donors (Lipinski definition) is 2. The molecule has 9 nitrogen and oxygen atoms in total. The van der Waals surface area contributed by atoms with E-state index in [1.807, 2.05) is 51.2 Å². The van der Waals surface area contributed by atoms with Gasteiger partial charge in [0.05, 0.1) is 27.3 Å². The second kappa shape index (κ2) is 9.67.